The maximum Gasteiger partial charge on any atom is 0.246 e. The molecule has 1 amide bonds. The lowest BCUT2D eigenvalue weighted by molar-refractivity contribution is -0.126. The molecule has 1 atom stereocenters. The van der Waals surface area contributed by atoms with Crippen LogP contribution in [0.5, 0.6) is 0 Å². The van der Waals surface area contributed by atoms with Crippen LogP contribution in [-0.2, 0) is 9.53 Å². The Hall–Kier alpha value is -1.96. The van der Waals surface area contributed by atoms with Crippen LogP contribution in [0.3, 0.4) is 0 Å². The van der Waals surface area contributed by atoms with Crippen molar-refractivity contribution < 1.29 is 9.53 Å². The van der Waals surface area contributed by atoms with Crippen LogP contribution in [0.25, 0.3) is 0 Å². The van der Waals surface area contributed by atoms with Crippen LogP contribution in [0.1, 0.15) is 36.9 Å². The van der Waals surface area contributed by atoms with Crippen molar-refractivity contribution >= 4 is 17.5 Å². The highest BCUT2D eigenvalue weighted by molar-refractivity contribution is 6.30. The Bertz CT molecular complexity index is 895. The second kappa shape index (κ2) is 13.4. The van der Waals surface area contributed by atoms with Gasteiger partial charge in [0.05, 0.1) is 12.6 Å². The predicted octanol–water partition coefficient (Wildman–Crippen LogP) is 3.66. The Labute approximate surface area is 215 Å². The minimum atomic E-state index is 0.0124. The highest BCUT2D eigenvalue weighted by Gasteiger charge is 2.26. The number of ether oxygens (including phenoxy) is 1. The molecular weight excluding hydrogens is 460 g/mol. The number of hydrogen-bond acceptors (Lipinski definition) is 5. The van der Waals surface area contributed by atoms with Crippen LogP contribution in [-0.4, -0.2) is 92.2 Å². The third-order valence-electron chi connectivity index (χ3n) is 7.26. The predicted molar refractivity (Wildman–Crippen MR) is 142 cm³/mol. The number of rotatable bonds is 10. The van der Waals surface area contributed by atoms with Gasteiger partial charge in [0.15, 0.2) is 0 Å². The second-order valence-electron chi connectivity index (χ2n) is 9.57. The van der Waals surface area contributed by atoms with Gasteiger partial charge in [0.1, 0.15) is 6.61 Å². The van der Waals surface area contributed by atoms with Crippen molar-refractivity contribution in [3.63, 3.8) is 0 Å². The number of nitrogens with zero attached hydrogens (tertiary/aromatic N) is 3. The summed E-state index contributed by atoms with van der Waals surface area (Å²) in [6, 6.07) is 19.4. The van der Waals surface area contributed by atoms with Gasteiger partial charge in [0, 0.05) is 56.9 Å². The number of benzene rings is 2. The standard InChI is InChI=1S/C28H39ClN4O2/c1-2-31-14-12-26(13-15-31)30-27(34)22-35-21-20-32-16-18-33(19-17-32)28(23-6-4-3-5-7-23)24-8-10-25(29)11-9-24/h3-11,26,28H,2,12-22H2,1H3,(H,30,34). The lowest BCUT2D eigenvalue weighted by Crippen LogP contribution is -2.48. The van der Waals surface area contributed by atoms with E-state index in [1.807, 2.05) is 12.1 Å². The lowest BCUT2D eigenvalue weighted by Gasteiger charge is -2.39. The number of amides is 1. The van der Waals surface area contributed by atoms with Crippen molar-refractivity contribution in [2.75, 3.05) is 65.6 Å². The van der Waals surface area contributed by atoms with E-state index < -0.39 is 0 Å². The average molecular weight is 499 g/mol. The molecule has 2 fully saturated rings. The summed E-state index contributed by atoms with van der Waals surface area (Å²) in [4.78, 5) is 19.6. The summed E-state index contributed by atoms with van der Waals surface area (Å²) >= 11 is 6.15. The lowest BCUT2D eigenvalue weighted by atomic mass is 9.96. The fraction of sp³-hybridized carbons (Fsp3) is 0.536. The van der Waals surface area contributed by atoms with E-state index in [0.717, 1.165) is 70.2 Å². The highest BCUT2D eigenvalue weighted by atomic mass is 35.5. The van der Waals surface area contributed by atoms with E-state index in [1.54, 1.807) is 0 Å². The first-order valence-electron chi connectivity index (χ1n) is 13.0. The molecule has 0 radical (unpaired) electrons. The third-order valence-corrected chi connectivity index (χ3v) is 7.51. The summed E-state index contributed by atoms with van der Waals surface area (Å²) in [5, 5.41) is 3.90. The van der Waals surface area contributed by atoms with E-state index >= 15 is 0 Å². The van der Waals surface area contributed by atoms with Gasteiger partial charge in [-0.15, -0.1) is 0 Å². The van der Waals surface area contributed by atoms with E-state index in [0.29, 0.717) is 12.6 Å². The van der Waals surface area contributed by atoms with E-state index in [4.69, 9.17) is 16.3 Å². The van der Waals surface area contributed by atoms with Gasteiger partial charge >= 0.3 is 0 Å². The molecule has 2 heterocycles. The number of piperidine rings is 1. The Morgan fingerprint density at radius 1 is 0.943 bits per heavy atom. The van der Waals surface area contributed by atoms with Gasteiger partial charge in [0.2, 0.25) is 5.91 Å². The molecule has 2 aliphatic rings. The number of likely N-dealkylation sites (tertiary alicyclic amines) is 1. The largest absolute Gasteiger partial charge is 0.370 e. The number of hydrogen-bond donors (Lipinski definition) is 1. The summed E-state index contributed by atoms with van der Waals surface area (Å²) in [6.45, 7) is 11.0. The smallest absolute Gasteiger partial charge is 0.246 e. The molecule has 190 valence electrons. The van der Waals surface area contributed by atoms with Crippen LogP contribution < -0.4 is 5.32 Å². The Morgan fingerprint density at radius 3 is 2.26 bits per heavy atom. The van der Waals surface area contributed by atoms with E-state index in [-0.39, 0.29) is 18.6 Å². The zero-order chi connectivity index (χ0) is 24.5. The molecule has 1 unspecified atom stereocenters. The Morgan fingerprint density at radius 2 is 1.60 bits per heavy atom. The van der Waals surface area contributed by atoms with Crippen molar-refractivity contribution in [2.45, 2.75) is 31.8 Å². The molecule has 1 N–H and O–H groups in total. The molecule has 0 saturated carbocycles. The summed E-state index contributed by atoms with van der Waals surface area (Å²) in [5.74, 6) is 0.0124. The van der Waals surface area contributed by atoms with Crippen LogP contribution >= 0.6 is 11.6 Å². The number of carbonyl (C=O) groups is 1. The van der Waals surface area contributed by atoms with Gasteiger partial charge in [-0.25, -0.2) is 0 Å². The minimum absolute atomic E-state index is 0.0124. The van der Waals surface area contributed by atoms with E-state index in [9.17, 15) is 4.79 Å². The van der Waals surface area contributed by atoms with Crippen LogP contribution in [0, 0.1) is 0 Å². The molecule has 0 aliphatic carbocycles. The van der Waals surface area contributed by atoms with Crippen molar-refractivity contribution in [2.24, 2.45) is 0 Å². The number of piperazine rings is 1. The van der Waals surface area contributed by atoms with Crippen molar-refractivity contribution in [1.82, 2.24) is 20.0 Å². The first-order chi connectivity index (χ1) is 17.1. The first kappa shape index (κ1) is 26.1. The second-order valence-corrected chi connectivity index (χ2v) is 10.0. The summed E-state index contributed by atoms with van der Waals surface area (Å²) in [7, 11) is 0. The van der Waals surface area contributed by atoms with E-state index in [2.05, 4.69) is 69.4 Å². The Balaban J connectivity index is 1.19. The topological polar surface area (TPSA) is 48.1 Å². The van der Waals surface area contributed by atoms with Crippen LogP contribution in [0.4, 0.5) is 0 Å². The molecule has 2 saturated heterocycles. The third kappa shape index (κ3) is 7.76. The molecule has 35 heavy (non-hydrogen) atoms. The maximum absolute atomic E-state index is 12.2. The van der Waals surface area contributed by atoms with Crippen LogP contribution in [0.15, 0.2) is 54.6 Å². The molecule has 0 bridgehead atoms. The van der Waals surface area contributed by atoms with Gasteiger partial charge in [-0.1, -0.05) is 61.0 Å². The average Bonchev–Trinajstić information content (AvgIpc) is 2.90. The van der Waals surface area contributed by atoms with E-state index in [1.165, 1.54) is 11.1 Å². The molecule has 2 aromatic rings. The fourth-order valence-electron chi connectivity index (χ4n) is 5.16. The summed E-state index contributed by atoms with van der Waals surface area (Å²) < 4.78 is 5.72. The molecule has 2 aromatic carbocycles. The van der Waals surface area contributed by atoms with Crippen molar-refractivity contribution in [3.05, 3.63) is 70.7 Å². The Kier molecular flexibility index (Phi) is 9.98. The van der Waals surface area contributed by atoms with Gasteiger partial charge in [-0.05, 0) is 42.6 Å². The molecular formula is C28H39ClN4O2. The molecule has 7 heteroatoms. The molecule has 0 aromatic heterocycles. The number of carbonyl (C=O) groups excluding carboxylic acids is 1. The molecule has 2 aliphatic heterocycles. The first-order valence-corrected chi connectivity index (χ1v) is 13.4. The quantitative estimate of drug-likeness (QED) is 0.506. The minimum Gasteiger partial charge on any atom is -0.370 e. The van der Waals surface area contributed by atoms with Crippen molar-refractivity contribution in [1.29, 1.82) is 0 Å². The summed E-state index contributed by atoms with van der Waals surface area (Å²) in [6.07, 6.45) is 2.06. The fourth-order valence-corrected chi connectivity index (χ4v) is 5.29. The zero-order valence-electron chi connectivity index (χ0n) is 20.9. The summed E-state index contributed by atoms with van der Waals surface area (Å²) in [5.41, 5.74) is 2.57. The van der Waals surface area contributed by atoms with Gasteiger partial charge in [-0.2, -0.15) is 0 Å². The molecule has 4 rings (SSSR count). The van der Waals surface area contributed by atoms with Gasteiger partial charge < -0.3 is 15.0 Å². The van der Waals surface area contributed by atoms with Crippen molar-refractivity contribution in [3.8, 4) is 0 Å². The number of halogens is 1. The van der Waals surface area contributed by atoms with Crippen LogP contribution in [0.2, 0.25) is 5.02 Å². The molecule has 0 spiro atoms. The normalized spacial score (nSPS) is 19.5. The van der Waals surface area contributed by atoms with Gasteiger partial charge in [0.25, 0.3) is 0 Å². The number of nitrogens with one attached hydrogen (secondary N) is 1. The molecule has 6 nitrogen and oxygen atoms in total. The maximum atomic E-state index is 12.2. The highest BCUT2D eigenvalue weighted by Crippen LogP contribution is 2.30. The SMILES string of the molecule is CCN1CCC(NC(=O)COCCN2CCN(C(c3ccccc3)c3ccc(Cl)cc3)CC2)CC1. The van der Waals surface area contributed by atoms with Gasteiger partial charge in [-0.3, -0.25) is 14.6 Å². The zero-order valence-corrected chi connectivity index (χ0v) is 21.6. The monoisotopic (exact) mass is 498 g/mol.